The zero-order chi connectivity index (χ0) is 33.3. The number of anilines is 2. The molecule has 0 saturated carbocycles. The number of para-hydroxylation sites is 1. The van der Waals surface area contributed by atoms with E-state index < -0.39 is 22.8 Å². The predicted molar refractivity (Wildman–Crippen MR) is 193 cm³/mol. The van der Waals surface area contributed by atoms with Crippen LogP contribution in [0.25, 0.3) is 21.7 Å². The Kier molecular flexibility index (Phi) is 6.94. The van der Waals surface area contributed by atoms with Gasteiger partial charge >= 0.3 is 0 Å². The van der Waals surface area contributed by atoms with Crippen molar-refractivity contribution in [3.8, 4) is 0 Å². The van der Waals surface area contributed by atoms with E-state index in [4.69, 9.17) is 16.0 Å². The number of hydrogen-bond acceptors (Lipinski definition) is 8. The second kappa shape index (κ2) is 11.4. The molecule has 0 bridgehead atoms. The van der Waals surface area contributed by atoms with E-state index in [1.807, 2.05) is 60.7 Å². The molecular weight excluding hydrogens is 676 g/mol. The Labute approximate surface area is 292 Å². The highest BCUT2D eigenvalue weighted by atomic mass is 35.5. The Morgan fingerprint density at radius 2 is 1.59 bits per heavy atom. The minimum Gasteiger partial charge on any atom is -0.450 e. The Balaban J connectivity index is 1.21. The summed E-state index contributed by atoms with van der Waals surface area (Å²) in [6.07, 6.45) is 0. The molecule has 7 aromatic rings. The zero-order valence-corrected chi connectivity index (χ0v) is 27.9. The fourth-order valence-corrected chi connectivity index (χ4v) is 9.04. The van der Waals surface area contributed by atoms with Crippen LogP contribution in [0.2, 0.25) is 5.02 Å². The van der Waals surface area contributed by atoms with Crippen molar-refractivity contribution in [2.45, 2.75) is 22.2 Å². The van der Waals surface area contributed by atoms with Crippen LogP contribution in [0.15, 0.2) is 129 Å². The topological polar surface area (TPSA) is 96.6 Å². The first-order valence-electron chi connectivity index (χ1n) is 15.4. The van der Waals surface area contributed by atoms with Crippen LogP contribution in [-0.4, -0.2) is 22.0 Å². The lowest BCUT2D eigenvalue weighted by atomic mass is 9.84. The molecule has 5 aromatic carbocycles. The molecule has 8 nitrogen and oxygen atoms in total. The minimum atomic E-state index is -1.88. The highest BCUT2D eigenvalue weighted by molar-refractivity contribution is 8.00. The highest BCUT2D eigenvalue weighted by Gasteiger charge is 2.66. The van der Waals surface area contributed by atoms with Crippen LogP contribution < -0.4 is 15.2 Å². The molecule has 49 heavy (non-hydrogen) atoms. The maximum absolute atomic E-state index is 15.2. The number of nitrogens with zero attached hydrogens (tertiary/aromatic N) is 4. The molecule has 1 atom stereocenters. The quantitative estimate of drug-likeness (QED) is 0.128. The lowest BCUT2D eigenvalue weighted by molar-refractivity contribution is -0.121. The minimum absolute atomic E-state index is 0.0552. The molecule has 0 fully saturated rings. The number of amides is 2. The zero-order valence-electron chi connectivity index (χ0n) is 25.5. The second-order valence-corrected chi connectivity index (χ2v) is 14.4. The van der Waals surface area contributed by atoms with Gasteiger partial charge in [0, 0.05) is 16.3 Å². The van der Waals surface area contributed by atoms with Crippen molar-refractivity contribution in [3.05, 3.63) is 159 Å². The van der Waals surface area contributed by atoms with Crippen molar-refractivity contribution in [2.75, 3.05) is 9.80 Å². The number of hydrogen-bond donors (Lipinski definition) is 0. The van der Waals surface area contributed by atoms with E-state index in [-0.39, 0.29) is 34.0 Å². The number of thioether (sulfide) groups is 1. The summed E-state index contributed by atoms with van der Waals surface area (Å²) in [5, 5.41) is 11.9. The summed E-state index contributed by atoms with van der Waals surface area (Å²) in [5.41, 5.74) is 0.847. The summed E-state index contributed by atoms with van der Waals surface area (Å²) in [6.45, 7) is 0.225. The van der Waals surface area contributed by atoms with Crippen LogP contribution in [0.1, 0.15) is 32.8 Å². The largest absolute Gasteiger partial charge is 0.450 e. The van der Waals surface area contributed by atoms with Gasteiger partial charge in [-0.15, -0.1) is 10.2 Å². The van der Waals surface area contributed by atoms with E-state index in [0.29, 0.717) is 26.4 Å². The van der Waals surface area contributed by atoms with Crippen LogP contribution in [-0.2, 0) is 22.6 Å². The van der Waals surface area contributed by atoms with Crippen molar-refractivity contribution in [2.24, 2.45) is 0 Å². The van der Waals surface area contributed by atoms with Crippen LogP contribution in [0.5, 0.6) is 0 Å². The SMILES string of the molecule is O=C1c2oc3ccc(Cl)cc3c(=O)c2C2(C(=O)N(Cc3ccccc3)c3ccccc32)N1c1nnc(SCc2cccc3ccccc23)s1. The second-order valence-electron chi connectivity index (χ2n) is 11.8. The van der Waals surface area contributed by atoms with Crippen LogP contribution in [0.4, 0.5) is 10.8 Å². The van der Waals surface area contributed by atoms with Crippen molar-refractivity contribution in [1.82, 2.24) is 10.2 Å². The molecule has 1 spiro atoms. The van der Waals surface area contributed by atoms with Crippen LogP contribution >= 0.6 is 34.7 Å². The smallest absolute Gasteiger partial charge is 0.297 e. The Hall–Kier alpha value is -5.29. The van der Waals surface area contributed by atoms with Gasteiger partial charge in [-0.05, 0) is 46.2 Å². The summed E-state index contributed by atoms with van der Waals surface area (Å²) in [6, 6.07) is 35.8. The molecular formula is C38H23ClN4O4S2. The molecule has 2 aliphatic rings. The first-order valence-corrected chi connectivity index (χ1v) is 17.6. The van der Waals surface area contributed by atoms with E-state index in [9.17, 15) is 9.59 Å². The summed E-state index contributed by atoms with van der Waals surface area (Å²) in [4.78, 5) is 47.2. The van der Waals surface area contributed by atoms with Gasteiger partial charge in [-0.3, -0.25) is 19.3 Å². The standard InChI is InChI=1S/C38H23ClN4O4S2/c39-25-17-18-30-27(19-25)32(44)31-33(47-30)34(45)43(36-40-41-37(49-36)48-21-24-13-8-12-23-11-4-5-14-26(23)24)38(31)28-15-6-7-16-29(28)42(35(38)46)20-22-9-2-1-3-10-22/h1-19H,20-21H2. The fraction of sp³-hybridized carbons (Fsp3) is 0.0789. The van der Waals surface area contributed by atoms with E-state index in [2.05, 4.69) is 34.5 Å². The van der Waals surface area contributed by atoms with Gasteiger partial charge in [0.25, 0.3) is 11.8 Å². The third kappa shape index (κ3) is 4.48. The molecule has 2 aliphatic heterocycles. The average molecular weight is 699 g/mol. The Morgan fingerprint density at radius 3 is 2.47 bits per heavy atom. The average Bonchev–Trinajstić information content (AvgIpc) is 3.77. The van der Waals surface area contributed by atoms with Gasteiger partial charge in [0.2, 0.25) is 10.9 Å². The van der Waals surface area contributed by atoms with Gasteiger partial charge < -0.3 is 9.32 Å². The summed E-state index contributed by atoms with van der Waals surface area (Å²) >= 11 is 9.01. The summed E-state index contributed by atoms with van der Waals surface area (Å²) in [7, 11) is 0. The normalized spacial score (nSPS) is 16.7. The lowest BCUT2D eigenvalue weighted by Gasteiger charge is -2.32. The number of fused-ring (bicyclic) bond motifs is 6. The van der Waals surface area contributed by atoms with Crippen molar-refractivity contribution >= 4 is 79.1 Å². The molecule has 4 heterocycles. The number of benzene rings is 5. The molecule has 0 radical (unpaired) electrons. The lowest BCUT2D eigenvalue weighted by Crippen LogP contribution is -2.53. The Bertz CT molecular complexity index is 2550. The maximum atomic E-state index is 15.2. The number of carbonyl (C=O) groups excluding carboxylic acids is 2. The van der Waals surface area contributed by atoms with Crippen molar-refractivity contribution in [3.63, 3.8) is 0 Å². The molecule has 9 rings (SSSR count). The van der Waals surface area contributed by atoms with E-state index in [1.165, 1.54) is 34.1 Å². The predicted octanol–water partition coefficient (Wildman–Crippen LogP) is 8.19. The summed E-state index contributed by atoms with van der Waals surface area (Å²) in [5.74, 6) is -0.688. The van der Waals surface area contributed by atoms with E-state index >= 15 is 4.79 Å². The molecule has 238 valence electrons. The molecule has 0 N–H and O–H groups in total. The molecule has 1 unspecified atom stereocenters. The number of carbonyl (C=O) groups is 2. The molecule has 0 aliphatic carbocycles. The summed E-state index contributed by atoms with van der Waals surface area (Å²) < 4.78 is 6.80. The van der Waals surface area contributed by atoms with Crippen molar-refractivity contribution < 1.29 is 14.0 Å². The molecule has 2 aromatic heterocycles. The van der Waals surface area contributed by atoms with Gasteiger partial charge in [0.05, 0.1) is 23.2 Å². The van der Waals surface area contributed by atoms with Crippen molar-refractivity contribution in [1.29, 1.82) is 0 Å². The molecule has 11 heteroatoms. The first-order chi connectivity index (χ1) is 23.9. The van der Waals surface area contributed by atoms with Gasteiger partial charge in [-0.1, -0.05) is 126 Å². The van der Waals surface area contributed by atoms with Gasteiger partial charge in [0.1, 0.15) is 5.58 Å². The molecule has 0 saturated heterocycles. The number of halogens is 1. The highest BCUT2D eigenvalue weighted by Crippen LogP contribution is 2.55. The maximum Gasteiger partial charge on any atom is 0.297 e. The number of rotatable bonds is 6. The van der Waals surface area contributed by atoms with Gasteiger partial charge in [-0.25, -0.2) is 0 Å². The number of aromatic nitrogens is 2. The fourth-order valence-electron chi connectivity index (χ4n) is 6.97. The third-order valence-electron chi connectivity index (χ3n) is 9.09. The van der Waals surface area contributed by atoms with E-state index in [1.54, 1.807) is 29.2 Å². The third-order valence-corrected chi connectivity index (χ3v) is 11.4. The first kappa shape index (κ1) is 29.8. The monoisotopic (exact) mass is 698 g/mol. The van der Waals surface area contributed by atoms with E-state index in [0.717, 1.165) is 21.9 Å². The van der Waals surface area contributed by atoms with Gasteiger partial charge in [0.15, 0.2) is 15.3 Å². The Morgan fingerprint density at radius 1 is 0.816 bits per heavy atom. The van der Waals surface area contributed by atoms with Crippen LogP contribution in [0, 0.1) is 0 Å². The molecule has 2 amide bonds. The van der Waals surface area contributed by atoms with Crippen LogP contribution in [0.3, 0.4) is 0 Å². The van der Waals surface area contributed by atoms with Gasteiger partial charge in [-0.2, -0.15) is 0 Å².